The summed E-state index contributed by atoms with van der Waals surface area (Å²) in [5.41, 5.74) is 1.26. The number of carbonyl (C=O) groups is 1. The highest BCUT2D eigenvalue weighted by Crippen LogP contribution is 2.32. The van der Waals surface area contributed by atoms with Crippen LogP contribution in [0.1, 0.15) is 22.3 Å². The lowest BCUT2D eigenvalue weighted by molar-refractivity contribution is 0.0486. The monoisotopic (exact) mass is 398 g/mol. The predicted octanol–water partition coefficient (Wildman–Crippen LogP) is 4.74. The van der Waals surface area contributed by atoms with Gasteiger partial charge in [0.15, 0.2) is 0 Å². The minimum atomic E-state index is -0.364. The van der Waals surface area contributed by atoms with Gasteiger partial charge in [-0.2, -0.15) is 0 Å². The molecule has 0 bridgehead atoms. The molecule has 0 heterocycles. The summed E-state index contributed by atoms with van der Waals surface area (Å²) in [6.07, 6.45) is 0.541. The fourth-order valence-corrected chi connectivity index (χ4v) is 2.54. The van der Waals surface area contributed by atoms with E-state index in [1.54, 1.807) is 37.3 Å². The van der Waals surface area contributed by atoms with Crippen molar-refractivity contribution in [2.75, 3.05) is 13.2 Å². The van der Waals surface area contributed by atoms with E-state index in [0.717, 1.165) is 10.0 Å². The summed E-state index contributed by atoms with van der Waals surface area (Å²) < 4.78 is 11.7. The number of esters is 1. The van der Waals surface area contributed by atoms with Crippen LogP contribution in [0.15, 0.2) is 40.9 Å². The van der Waals surface area contributed by atoms with E-state index in [4.69, 9.17) is 21.1 Å². The van der Waals surface area contributed by atoms with Crippen LogP contribution >= 0.6 is 27.5 Å². The summed E-state index contributed by atoms with van der Waals surface area (Å²) in [7, 11) is 0. The molecule has 4 nitrogen and oxygen atoms in total. The van der Waals surface area contributed by atoms with Gasteiger partial charge in [0.1, 0.15) is 11.5 Å². The van der Waals surface area contributed by atoms with Crippen molar-refractivity contribution in [2.24, 2.45) is 0 Å². The van der Waals surface area contributed by atoms with Crippen LogP contribution in [-0.4, -0.2) is 24.3 Å². The van der Waals surface area contributed by atoms with Gasteiger partial charge in [-0.3, -0.25) is 0 Å². The molecule has 2 aromatic rings. The van der Waals surface area contributed by atoms with Gasteiger partial charge < -0.3 is 14.6 Å². The Balaban J connectivity index is 1.76. The van der Waals surface area contributed by atoms with Gasteiger partial charge in [0, 0.05) is 17.0 Å². The maximum atomic E-state index is 11.8. The molecule has 2 aromatic carbocycles. The molecule has 0 saturated heterocycles. The molecule has 0 aromatic heterocycles. The summed E-state index contributed by atoms with van der Waals surface area (Å²) in [5, 5.41) is 9.77. The van der Waals surface area contributed by atoms with Crippen LogP contribution in [0.4, 0.5) is 0 Å². The van der Waals surface area contributed by atoms with Crippen molar-refractivity contribution in [1.82, 2.24) is 0 Å². The SMILES string of the molecule is Cc1cc(O)cc(Cl)c1OCCCOC(=O)c1ccc(Br)cc1. The lowest BCUT2D eigenvalue weighted by Gasteiger charge is -2.11. The van der Waals surface area contributed by atoms with Crippen molar-refractivity contribution < 1.29 is 19.4 Å². The molecule has 0 radical (unpaired) electrons. The maximum absolute atomic E-state index is 11.8. The summed E-state index contributed by atoms with van der Waals surface area (Å²) in [4.78, 5) is 11.8. The van der Waals surface area contributed by atoms with Crippen molar-refractivity contribution in [1.29, 1.82) is 0 Å². The van der Waals surface area contributed by atoms with Crippen LogP contribution in [0.25, 0.3) is 0 Å². The number of halogens is 2. The number of hydrogen-bond acceptors (Lipinski definition) is 4. The van der Waals surface area contributed by atoms with Crippen LogP contribution in [-0.2, 0) is 4.74 Å². The van der Waals surface area contributed by atoms with E-state index in [1.807, 2.05) is 0 Å². The number of rotatable bonds is 6. The molecule has 0 unspecified atom stereocenters. The first-order valence-corrected chi connectivity index (χ1v) is 8.19. The Kier molecular flexibility index (Phi) is 6.30. The molecule has 122 valence electrons. The molecule has 0 atom stereocenters. The molecular weight excluding hydrogens is 384 g/mol. The third kappa shape index (κ3) is 5.15. The number of aromatic hydroxyl groups is 1. The number of ether oxygens (including phenoxy) is 2. The van der Waals surface area contributed by atoms with E-state index in [9.17, 15) is 9.90 Å². The minimum absolute atomic E-state index is 0.100. The smallest absolute Gasteiger partial charge is 0.338 e. The summed E-state index contributed by atoms with van der Waals surface area (Å²) >= 11 is 9.33. The Morgan fingerprint density at radius 2 is 1.91 bits per heavy atom. The molecule has 0 spiro atoms. The summed E-state index contributed by atoms with van der Waals surface area (Å²) in [6, 6.07) is 9.97. The highest BCUT2D eigenvalue weighted by molar-refractivity contribution is 9.10. The van der Waals surface area contributed by atoms with Gasteiger partial charge >= 0.3 is 5.97 Å². The first-order chi connectivity index (χ1) is 11.0. The molecule has 0 aliphatic carbocycles. The first-order valence-electron chi connectivity index (χ1n) is 7.02. The quantitative estimate of drug-likeness (QED) is 0.563. The second-order valence-corrected chi connectivity index (χ2v) is 6.24. The second kappa shape index (κ2) is 8.22. The Bertz CT molecular complexity index is 662. The van der Waals surface area contributed by atoms with Gasteiger partial charge in [0.25, 0.3) is 0 Å². The number of hydrogen-bond donors (Lipinski definition) is 1. The fraction of sp³-hybridized carbons (Fsp3) is 0.235. The van der Waals surface area contributed by atoms with Crippen molar-refractivity contribution in [3.8, 4) is 11.5 Å². The molecule has 6 heteroatoms. The second-order valence-electron chi connectivity index (χ2n) is 4.92. The van der Waals surface area contributed by atoms with E-state index < -0.39 is 0 Å². The van der Waals surface area contributed by atoms with Crippen LogP contribution in [0, 0.1) is 6.92 Å². The molecule has 0 aliphatic rings. The summed E-state index contributed by atoms with van der Waals surface area (Å²) in [6.45, 7) is 2.41. The van der Waals surface area contributed by atoms with Crippen molar-refractivity contribution >= 4 is 33.5 Å². The first kappa shape index (κ1) is 17.6. The molecule has 0 saturated carbocycles. The Labute approximate surface area is 148 Å². The molecule has 0 fully saturated rings. The number of phenolic OH excluding ortho intramolecular Hbond substituents is 1. The van der Waals surface area contributed by atoms with Gasteiger partial charge in [-0.05, 0) is 42.8 Å². The highest BCUT2D eigenvalue weighted by Gasteiger charge is 2.09. The predicted molar refractivity (Wildman–Crippen MR) is 92.4 cm³/mol. The van der Waals surface area contributed by atoms with Gasteiger partial charge in [-0.15, -0.1) is 0 Å². The molecule has 0 amide bonds. The summed E-state index contributed by atoms with van der Waals surface area (Å²) in [5.74, 6) is 0.267. The number of benzene rings is 2. The number of aryl methyl sites for hydroxylation is 1. The van der Waals surface area contributed by atoms with Crippen molar-refractivity contribution in [2.45, 2.75) is 13.3 Å². The van der Waals surface area contributed by atoms with Crippen molar-refractivity contribution in [3.05, 3.63) is 57.0 Å². The Morgan fingerprint density at radius 3 is 2.57 bits per heavy atom. The number of phenols is 1. The van der Waals surface area contributed by atoms with Crippen LogP contribution < -0.4 is 4.74 Å². The van der Waals surface area contributed by atoms with E-state index >= 15 is 0 Å². The normalized spacial score (nSPS) is 10.4. The van der Waals surface area contributed by atoms with Crippen molar-refractivity contribution in [3.63, 3.8) is 0 Å². The molecule has 2 rings (SSSR count). The molecule has 1 N–H and O–H groups in total. The molecule has 0 aliphatic heterocycles. The van der Waals surface area contributed by atoms with Gasteiger partial charge in [0.05, 0.1) is 23.8 Å². The number of carbonyl (C=O) groups excluding carboxylic acids is 1. The maximum Gasteiger partial charge on any atom is 0.338 e. The zero-order chi connectivity index (χ0) is 16.8. The fourth-order valence-electron chi connectivity index (χ4n) is 1.96. The van der Waals surface area contributed by atoms with E-state index in [2.05, 4.69) is 15.9 Å². The average Bonchev–Trinajstić information content (AvgIpc) is 2.49. The van der Waals surface area contributed by atoms with Crippen LogP contribution in [0.3, 0.4) is 0 Å². The Morgan fingerprint density at radius 1 is 1.22 bits per heavy atom. The third-order valence-corrected chi connectivity index (χ3v) is 3.87. The lowest BCUT2D eigenvalue weighted by Crippen LogP contribution is -2.09. The van der Waals surface area contributed by atoms with E-state index in [-0.39, 0.29) is 18.3 Å². The largest absolute Gasteiger partial charge is 0.508 e. The topological polar surface area (TPSA) is 55.8 Å². The molecular formula is C17H16BrClO4. The standard InChI is InChI=1S/C17H16BrClO4/c1-11-9-14(20)10-15(19)16(11)22-7-2-8-23-17(21)12-3-5-13(18)6-4-12/h3-6,9-10,20H,2,7-8H2,1H3. The highest BCUT2D eigenvalue weighted by atomic mass is 79.9. The Hall–Kier alpha value is -1.72. The van der Waals surface area contributed by atoms with Gasteiger partial charge in [0.2, 0.25) is 0 Å². The third-order valence-electron chi connectivity index (χ3n) is 3.06. The zero-order valence-corrected chi connectivity index (χ0v) is 14.9. The van der Waals surface area contributed by atoms with Gasteiger partial charge in [-0.25, -0.2) is 4.79 Å². The van der Waals surface area contributed by atoms with Gasteiger partial charge in [-0.1, -0.05) is 27.5 Å². The minimum Gasteiger partial charge on any atom is -0.508 e. The molecule has 23 heavy (non-hydrogen) atoms. The van der Waals surface area contributed by atoms with E-state index in [0.29, 0.717) is 29.4 Å². The zero-order valence-electron chi connectivity index (χ0n) is 12.5. The van der Waals surface area contributed by atoms with E-state index in [1.165, 1.54) is 6.07 Å². The van der Waals surface area contributed by atoms with Crippen LogP contribution in [0.2, 0.25) is 5.02 Å². The lowest BCUT2D eigenvalue weighted by atomic mass is 10.2. The van der Waals surface area contributed by atoms with Crippen LogP contribution in [0.5, 0.6) is 11.5 Å². The average molecular weight is 400 g/mol.